The fourth-order valence-electron chi connectivity index (χ4n) is 3.16. The molecule has 0 aliphatic carbocycles. The molecule has 4 aromatic rings. The lowest BCUT2D eigenvalue weighted by Crippen LogP contribution is -2.11. The maximum atomic E-state index is 12.5. The summed E-state index contributed by atoms with van der Waals surface area (Å²) in [6, 6.07) is 19.9. The van der Waals surface area contributed by atoms with Crippen LogP contribution in [0, 0.1) is 0 Å². The first kappa shape index (κ1) is 19.6. The number of hydrogen-bond acceptors (Lipinski definition) is 5. The molecule has 0 aliphatic heterocycles. The lowest BCUT2D eigenvalue weighted by molar-refractivity contribution is 0.0984. The van der Waals surface area contributed by atoms with Gasteiger partial charge < -0.3 is 4.42 Å². The van der Waals surface area contributed by atoms with Crippen LogP contribution in [0.15, 0.2) is 76.0 Å². The second-order valence-corrected chi connectivity index (χ2v) is 9.41. The molecule has 2 heterocycles. The van der Waals surface area contributed by atoms with Gasteiger partial charge >= 0.3 is 0 Å². The summed E-state index contributed by atoms with van der Waals surface area (Å²) in [6.45, 7) is 0. The van der Waals surface area contributed by atoms with Crippen LogP contribution in [0.2, 0.25) is 0 Å². The average molecular weight is 426 g/mol. The molecule has 0 saturated carbocycles. The highest BCUT2D eigenvalue weighted by Gasteiger charge is 2.13. The highest BCUT2D eigenvalue weighted by atomic mass is 32.2. The number of ketones is 1. The summed E-state index contributed by atoms with van der Waals surface area (Å²) in [5, 5.41) is 6.20. The number of carbonyl (C=O) groups excluding carboxylic acids is 1. The van der Waals surface area contributed by atoms with E-state index >= 15 is 0 Å². The Bertz CT molecular complexity index is 1230. The van der Waals surface area contributed by atoms with Crippen LogP contribution in [0.25, 0.3) is 21.4 Å². The van der Waals surface area contributed by atoms with E-state index in [2.05, 4.69) is 0 Å². The molecule has 0 bridgehead atoms. The zero-order chi connectivity index (χ0) is 20.4. The van der Waals surface area contributed by atoms with Gasteiger partial charge in [0.2, 0.25) is 10.0 Å². The summed E-state index contributed by atoms with van der Waals surface area (Å²) < 4.78 is 28.5. The third-order valence-electron chi connectivity index (χ3n) is 4.65. The number of aryl methyl sites for hydroxylation is 1. The molecule has 0 amide bonds. The number of hydrogen-bond donors (Lipinski definition) is 1. The van der Waals surface area contributed by atoms with Gasteiger partial charge in [-0.25, -0.2) is 13.6 Å². The molecular weight excluding hydrogens is 406 g/mol. The van der Waals surface area contributed by atoms with Gasteiger partial charge in [0.25, 0.3) is 0 Å². The van der Waals surface area contributed by atoms with E-state index in [0.29, 0.717) is 17.7 Å². The predicted octanol–water partition coefficient (Wildman–Crippen LogP) is 5.01. The largest absolute Gasteiger partial charge is 0.461 e. The molecule has 0 spiro atoms. The van der Waals surface area contributed by atoms with Crippen molar-refractivity contribution in [2.45, 2.75) is 24.2 Å². The lowest BCUT2D eigenvalue weighted by atomic mass is 10.1. The number of sulfonamides is 1. The van der Waals surface area contributed by atoms with Crippen molar-refractivity contribution in [3.63, 3.8) is 0 Å². The van der Waals surface area contributed by atoms with Gasteiger partial charge in [-0.1, -0.05) is 30.3 Å². The minimum Gasteiger partial charge on any atom is -0.461 e. The molecule has 148 valence electrons. The Morgan fingerprint density at radius 2 is 1.76 bits per heavy atom. The minimum absolute atomic E-state index is 0.0692. The Morgan fingerprint density at radius 3 is 2.48 bits per heavy atom. The van der Waals surface area contributed by atoms with Crippen molar-refractivity contribution in [3.05, 3.63) is 77.4 Å². The molecule has 0 saturated heterocycles. The Kier molecular flexibility index (Phi) is 5.36. The number of rotatable bonds is 7. The second-order valence-electron chi connectivity index (χ2n) is 6.76. The standard InChI is InChI=1S/C22H19NO4S2/c23-29(25,26)18-10-8-15(9-11-18)21-12-13-22(28-21)19(24)6-3-5-17-14-16-4-1-2-7-20(16)27-17/h1-2,4,7-14H,3,5-6H2,(H2,23,25,26). The number of benzene rings is 2. The van der Waals surface area contributed by atoms with Crippen molar-refractivity contribution in [3.8, 4) is 10.4 Å². The third-order valence-corrected chi connectivity index (χ3v) is 6.76. The molecule has 2 aromatic carbocycles. The van der Waals surface area contributed by atoms with Crippen LogP contribution in [0.4, 0.5) is 0 Å². The van der Waals surface area contributed by atoms with Gasteiger partial charge in [-0.05, 0) is 48.4 Å². The van der Waals surface area contributed by atoms with Crippen LogP contribution in [0.5, 0.6) is 0 Å². The number of nitrogens with two attached hydrogens (primary N) is 1. The fourth-order valence-corrected chi connectivity index (χ4v) is 4.65. The van der Waals surface area contributed by atoms with Crippen molar-refractivity contribution >= 4 is 38.1 Å². The van der Waals surface area contributed by atoms with Crippen LogP contribution < -0.4 is 5.14 Å². The van der Waals surface area contributed by atoms with Gasteiger partial charge in [0, 0.05) is 23.1 Å². The zero-order valence-electron chi connectivity index (χ0n) is 15.5. The quantitative estimate of drug-likeness (QED) is 0.421. The molecule has 5 nitrogen and oxygen atoms in total. The predicted molar refractivity (Wildman–Crippen MR) is 115 cm³/mol. The van der Waals surface area contributed by atoms with E-state index in [-0.39, 0.29) is 10.7 Å². The summed E-state index contributed by atoms with van der Waals surface area (Å²) >= 11 is 1.40. The van der Waals surface area contributed by atoms with E-state index < -0.39 is 10.0 Å². The molecule has 0 fully saturated rings. The van der Waals surface area contributed by atoms with E-state index in [9.17, 15) is 13.2 Å². The minimum atomic E-state index is -3.71. The summed E-state index contributed by atoms with van der Waals surface area (Å²) in [5.74, 6) is 0.985. The number of primary sulfonamides is 1. The Balaban J connectivity index is 1.38. The van der Waals surface area contributed by atoms with Crippen LogP contribution in [-0.2, 0) is 16.4 Å². The highest BCUT2D eigenvalue weighted by Crippen LogP contribution is 2.30. The molecular formula is C22H19NO4S2. The maximum Gasteiger partial charge on any atom is 0.238 e. The number of furan rings is 1. The first-order valence-electron chi connectivity index (χ1n) is 9.14. The van der Waals surface area contributed by atoms with Crippen molar-refractivity contribution in [1.82, 2.24) is 0 Å². The second kappa shape index (κ2) is 7.94. The number of carbonyl (C=O) groups is 1. The SMILES string of the molecule is NS(=O)(=O)c1ccc(-c2ccc(C(=O)CCCc3cc4ccccc4o3)s2)cc1. The van der Waals surface area contributed by atoms with E-state index in [1.54, 1.807) is 12.1 Å². The number of thiophene rings is 1. The van der Waals surface area contributed by atoms with Crippen molar-refractivity contribution < 1.29 is 17.6 Å². The summed E-state index contributed by atoms with van der Waals surface area (Å²) in [5.41, 5.74) is 1.72. The Morgan fingerprint density at radius 1 is 1.00 bits per heavy atom. The number of para-hydroxylation sites is 1. The molecule has 0 atom stereocenters. The van der Waals surface area contributed by atoms with Gasteiger partial charge in [-0.3, -0.25) is 4.79 Å². The first-order chi connectivity index (χ1) is 13.9. The van der Waals surface area contributed by atoms with Crippen molar-refractivity contribution in [2.24, 2.45) is 5.14 Å². The lowest BCUT2D eigenvalue weighted by Gasteiger charge is -2.00. The van der Waals surface area contributed by atoms with Gasteiger partial charge in [0.05, 0.1) is 9.77 Å². The van der Waals surface area contributed by atoms with Crippen molar-refractivity contribution in [1.29, 1.82) is 0 Å². The Hall–Kier alpha value is -2.74. The molecule has 4 rings (SSSR count). The smallest absolute Gasteiger partial charge is 0.238 e. The Labute approximate surface area is 172 Å². The molecule has 0 radical (unpaired) electrons. The van der Waals surface area contributed by atoms with Crippen LogP contribution in [0.3, 0.4) is 0 Å². The third kappa shape index (κ3) is 4.48. The number of fused-ring (bicyclic) bond motifs is 1. The summed E-state index contributed by atoms with van der Waals surface area (Å²) in [7, 11) is -3.71. The van der Waals surface area contributed by atoms with E-state index in [1.807, 2.05) is 42.5 Å². The van der Waals surface area contributed by atoms with Crippen molar-refractivity contribution in [2.75, 3.05) is 0 Å². The van der Waals surface area contributed by atoms with Gasteiger partial charge in [-0.15, -0.1) is 11.3 Å². The molecule has 0 aliphatic rings. The topological polar surface area (TPSA) is 90.4 Å². The van der Waals surface area contributed by atoms with E-state index in [4.69, 9.17) is 9.56 Å². The fraction of sp³-hybridized carbons (Fsp3) is 0.136. The zero-order valence-corrected chi connectivity index (χ0v) is 17.1. The normalized spacial score (nSPS) is 11.8. The van der Waals surface area contributed by atoms with Gasteiger partial charge in [0.15, 0.2) is 5.78 Å². The molecule has 29 heavy (non-hydrogen) atoms. The highest BCUT2D eigenvalue weighted by molar-refractivity contribution is 7.89. The molecule has 2 aromatic heterocycles. The molecule has 0 unspecified atom stereocenters. The summed E-state index contributed by atoms with van der Waals surface area (Å²) in [4.78, 5) is 14.2. The van der Waals surface area contributed by atoms with Crippen LogP contribution in [0.1, 0.15) is 28.3 Å². The molecule has 2 N–H and O–H groups in total. The van der Waals surface area contributed by atoms with Gasteiger partial charge in [-0.2, -0.15) is 0 Å². The van der Waals surface area contributed by atoms with Crippen LogP contribution >= 0.6 is 11.3 Å². The van der Waals surface area contributed by atoms with E-state index in [0.717, 1.165) is 33.6 Å². The summed E-state index contributed by atoms with van der Waals surface area (Å²) in [6.07, 6.45) is 1.88. The monoisotopic (exact) mass is 425 g/mol. The maximum absolute atomic E-state index is 12.5. The average Bonchev–Trinajstić information content (AvgIpc) is 3.34. The molecule has 7 heteroatoms. The number of Topliss-reactive ketones (excluding diaryl/α,β-unsaturated/α-hetero) is 1. The van der Waals surface area contributed by atoms with Crippen LogP contribution in [-0.4, -0.2) is 14.2 Å². The first-order valence-corrected chi connectivity index (χ1v) is 11.5. The van der Waals surface area contributed by atoms with E-state index in [1.165, 1.54) is 23.5 Å². The van der Waals surface area contributed by atoms with Gasteiger partial charge in [0.1, 0.15) is 11.3 Å².